The molecule has 1 amide bonds. The fraction of sp³-hybridized carbons (Fsp3) is 0.200. The zero-order chi connectivity index (χ0) is 19.2. The summed E-state index contributed by atoms with van der Waals surface area (Å²) in [7, 11) is 1.81. The minimum Gasteiger partial charge on any atom is -0.301 e. The van der Waals surface area contributed by atoms with Crippen LogP contribution in [-0.4, -0.2) is 29.4 Å². The Bertz CT molecular complexity index is 931. The molecule has 27 heavy (non-hydrogen) atoms. The van der Waals surface area contributed by atoms with Gasteiger partial charge in [0.15, 0.2) is 5.13 Å². The lowest BCUT2D eigenvalue weighted by Crippen LogP contribution is -2.29. The van der Waals surface area contributed by atoms with E-state index in [-0.39, 0.29) is 18.3 Å². The number of hydrogen-bond donors (Lipinski definition) is 1. The average Bonchev–Trinajstić information content (AvgIpc) is 3.03. The van der Waals surface area contributed by atoms with Crippen LogP contribution in [0.1, 0.15) is 16.0 Å². The van der Waals surface area contributed by atoms with Gasteiger partial charge in [0.25, 0.3) is 0 Å². The van der Waals surface area contributed by atoms with Crippen LogP contribution in [0.3, 0.4) is 0 Å². The standard InChI is InChI=1S/C20H19ClFN3OS/c1-25(12-14-5-4-7-16(22)9-14)13-19(26)24-20-23-11-17(27-20)10-15-6-2-3-8-18(15)21/h2-9,11H,10,12-13H2,1H3,(H,23,24,26). The first-order valence-corrected chi connectivity index (χ1v) is 9.60. The third-order valence-electron chi connectivity index (χ3n) is 3.88. The van der Waals surface area contributed by atoms with Gasteiger partial charge in [0, 0.05) is 29.1 Å². The molecule has 0 saturated carbocycles. The highest BCUT2D eigenvalue weighted by Crippen LogP contribution is 2.24. The number of benzene rings is 2. The van der Waals surface area contributed by atoms with E-state index in [0.717, 1.165) is 21.0 Å². The second-order valence-electron chi connectivity index (χ2n) is 6.25. The van der Waals surface area contributed by atoms with E-state index in [9.17, 15) is 9.18 Å². The Morgan fingerprint density at radius 3 is 2.85 bits per heavy atom. The molecular formula is C20H19ClFN3OS. The molecule has 0 saturated heterocycles. The molecule has 0 spiro atoms. The number of thiazole rings is 1. The fourth-order valence-corrected chi connectivity index (χ4v) is 3.74. The van der Waals surface area contributed by atoms with Crippen molar-refractivity contribution in [3.05, 3.63) is 81.6 Å². The normalized spacial score (nSPS) is 11.0. The summed E-state index contributed by atoms with van der Waals surface area (Å²) in [6, 6.07) is 14.0. The molecule has 2 aromatic carbocycles. The summed E-state index contributed by atoms with van der Waals surface area (Å²) in [4.78, 5) is 19.3. The minimum absolute atomic E-state index is 0.160. The lowest BCUT2D eigenvalue weighted by atomic mass is 10.1. The van der Waals surface area contributed by atoms with E-state index in [2.05, 4.69) is 10.3 Å². The first-order chi connectivity index (χ1) is 13.0. The zero-order valence-corrected chi connectivity index (χ0v) is 16.4. The lowest BCUT2D eigenvalue weighted by molar-refractivity contribution is -0.117. The van der Waals surface area contributed by atoms with Crippen LogP contribution in [0, 0.1) is 5.82 Å². The van der Waals surface area contributed by atoms with Crippen LogP contribution in [0.2, 0.25) is 5.02 Å². The molecule has 1 N–H and O–H groups in total. The number of aromatic nitrogens is 1. The number of hydrogen-bond acceptors (Lipinski definition) is 4. The smallest absolute Gasteiger partial charge is 0.240 e. The van der Waals surface area contributed by atoms with Gasteiger partial charge >= 0.3 is 0 Å². The van der Waals surface area contributed by atoms with E-state index in [1.165, 1.54) is 23.5 Å². The van der Waals surface area contributed by atoms with Crippen LogP contribution in [-0.2, 0) is 17.8 Å². The molecule has 140 valence electrons. The number of carbonyl (C=O) groups excluding carboxylic acids is 1. The van der Waals surface area contributed by atoms with Crippen LogP contribution >= 0.6 is 22.9 Å². The van der Waals surface area contributed by atoms with Gasteiger partial charge in [-0.3, -0.25) is 9.69 Å². The summed E-state index contributed by atoms with van der Waals surface area (Å²) < 4.78 is 13.2. The lowest BCUT2D eigenvalue weighted by Gasteiger charge is -2.15. The molecule has 3 rings (SSSR count). The Balaban J connectivity index is 1.52. The van der Waals surface area contributed by atoms with Crippen LogP contribution in [0.15, 0.2) is 54.7 Å². The van der Waals surface area contributed by atoms with Gasteiger partial charge in [-0.05, 0) is 36.4 Å². The number of halogens is 2. The molecule has 0 unspecified atom stereocenters. The second kappa shape index (κ2) is 9.08. The Hall–Kier alpha value is -2.28. The zero-order valence-electron chi connectivity index (χ0n) is 14.8. The maximum absolute atomic E-state index is 13.2. The maximum atomic E-state index is 13.2. The van der Waals surface area contributed by atoms with E-state index < -0.39 is 0 Å². The van der Waals surface area contributed by atoms with Crippen LogP contribution in [0.5, 0.6) is 0 Å². The van der Waals surface area contributed by atoms with Crippen molar-refractivity contribution in [2.45, 2.75) is 13.0 Å². The summed E-state index contributed by atoms with van der Waals surface area (Å²) in [5.74, 6) is -0.438. The van der Waals surface area contributed by atoms with Gasteiger partial charge in [-0.2, -0.15) is 0 Å². The van der Waals surface area contributed by atoms with Crippen molar-refractivity contribution in [3.8, 4) is 0 Å². The van der Waals surface area contributed by atoms with E-state index in [4.69, 9.17) is 11.6 Å². The minimum atomic E-state index is -0.279. The van der Waals surface area contributed by atoms with E-state index in [0.29, 0.717) is 18.1 Å². The molecule has 3 aromatic rings. The van der Waals surface area contributed by atoms with E-state index in [1.54, 1.807) is 12.3 Å². The average molecular weight is 404 g/mol. The van der Waals surface area contributed by atoms with Crippen molar-refractivity contribution in [3.63, 3.8) is 0 Å². The third-order valence-corrected chi connectivity index (χ3v) is 5.16. The Labute approximate surface area is 166 Å². The quantitative estimate of drug-likeness (QED) is 0.627. The number of rotatable bonds is 7. The van der Waals surface area contributed by atoms with Crippen molar-refractivity contribution in [1.82, 2.24) is 9.88 Å². The Morgan fingerprint density at radius 1 is 1.26 bits per heavy atom. The number of nitrogens with zero attached hydrogens (tertiary/aromatic N) is 2. The molecule has 4 nitrogen and oxygen atoms in total. The molecule has 0 bridgehead atoms. The molecule has 0 fully saturated rings. The van der Waals surface area contributed by atoms with Crippen LogP contribution in [0.4, 0.5) is 9.52 Å². The first kappa shape index (κ1) is 19.5. The molecule has 0 aliphatic carbocycles. The molecule has 1 heterocycles. The molecule has 0 aliphatic rings. The monoisotopic (exact) mass is 403 g/mol. The summed E-state index contributed by atoms with van der Waals surface area (Å²) in [6.45, 7) is 0.677. The molecule has 0 radical (unpaired) electrons. The van der Waals surface area contributed by atoms with Gasteiger partial charge in [-0.25, -0.2) is 9.37 Å². The number of nitrogens with one attached hydrogen (secondary N) is 1. The fourth-order valence-electron chi connectivity index (χ4n) is 2.68. The van der Waals surface area contributed by atoms with Crippen LogP contribution < -0.4 is 5.32 Å². The Morgan fingerprint density at radius 2 is 2.07 bits per heavy atom. The maximum Gasteiger partial charge on any atom is 0.240 e. The molecule has 0 atom stereocenters. The highest BCUT2D eigenvalue weighted by molar-refractivity contribution is 7.15. The number of amides is 1. The number of likely N-dealkylation sites (N-methyl/N-ethyl adjacent to an activating group) is 1. The summed E-state index contributed by atoms with van der Waals surface area (Å²) in [5, 5.41) is 4.09. The highest BCUT2D eigenvalue weighted by Gasteiger charge is 2.11. The van der Waals surface area contributed by atoms with Gasteiger partial charge in [-0.15, -0.1) is 11.3 Å². The summed E-state index contributed by atoms with van der Waals surface area (Å²) in [6.07, 6.45) is 2.42. The number of carbonyl (C=O) groups is 1. The van der Waals surface area contributed by atoms with Crippen molar-refractivity contribution in [2.75, 3.05) is 18.9 Å². The van der Waals surface area contributed by atoms with Crippen molar-refractivity contribution in [2.24, 2.45) is 0 Å². The largest absolute Gasteiger partial charge is 0.301 e. The molecule has 7 heteroatoms. The van der Waals surface area contributed by atoms with Crippen LogP contribution in [0.25, 0.3) is 0 Å². The van der Waals surface area contributed by atoms with Crippen molar-refractivity contribution in [1.29, 1.82) is 0 Å². The van der Waals surface area contributed by atoms with Crippen molar-refractivity contribution >= 4 is 34.0 Å². The van der Waals surface area contributed by atoms with Gasteiger partial charge in [0.1, 0.15) is 5.82 Å². The van der Waals surface area contributed by atoms with Gasteiger partial charge in [-0.1, -0.05) is 41.9 Å². The predicted molar refractivity (Wildman–Crippen MR) is 108 cm³/mol. The van der Waals surface area contributed by atoms with E-state index >= 15 is 0 Å². The number of anilines is 1. The summed E-state index contributed by atoms with van der Waals surface area (Å²) >= 11 is 7.61. The second-order valence-corrected chi connectivity index (χ2v) is 7.77. The van der Waals surface area contributed by atoms with Gasteiger partial charge in [0.2, 0.25) is 5.91 Å². The van der Waals surface area contributed by atoms with Crippen molar-refractivity contribution < 1.29 is 9.18 Å². The Kier molecular flexibility index (Phi) is 6.55. The molecule has 1 aromatic heterocycles. The topological polar surface area (TPSA) is 45.2 Å². The van der Waals surface area contributed by atoms with Gasteiger partial charge in [0.05, 0.1) is 6.54 Å². The molecular weight excluding hydrogens is 385 g/mol. The van der Waals surface area contributed by atoms with E-state index in [1.807, 2.05) is 42.3 Å². The third kappa shape index (κ3) is 5.85. The first-order valence-electron chi connectivity index (χ1n) is 8.40. The predicted octanol–water partition coefficient (Wildman–Crippen LogP) is 4.60. The molecule has 0 aliphatic heterocycles. The SMILES string of the molecule is CN(CC(=O)Nc1ncc(Cc2ccccc2Cl)s1)Cc1cccc(F)c1. The summed E-state index contributed by atoms with van der Waals surface area (Å²) in [5.41, 5.74) is 1.84. The highest BCUT2D eigenvalue weighted by atomic mass is 35.5. The van der Waals surface area contributed by atoms with Gasteiger partial charge < -0.3 is 5.32 Å².